The molecule has 0 atom stereocenters. The van der Waals surface area contributed by atoms with Crippen LogP contribution in [0, 0.1) is 11.3 Å². The number of carbonyl (C=O) groups is 2. The Morgan fingerprint density at radius 3 is 2.47 bits per heavy atom. The topological polar surface area (TPSA) is 100 Å². The molecule has 0 unspecified atom stereocenters. The Morgan fingerprint density at radius 2 is 1.82 bits per heavy atom. The summed E-state index contributed by atoms with van der Waals surface area (Å²) in [6.07, 6.45) is 1.46. The van der Waals surface area contributed by atoms with E-state index in [1.54, 1.807) is 73.8 Å². The van der Waals surface area contributed by atoms with Crippen LogP contribution in [0.25, 0.3) is 6.08 Å². The van der Waals surface area contributed by atoms with Crippen LogP contribution in [0.3, 0.4) is 0 Å². The standard InChI is InChI=1S/C25H19BrClN3O4/c1-33-19-9-7-18(8-10-19)29-25(32)17(14-28)12-16-6-11-23(20(26)13-16)34-15-24(31)30-22-5-3-2-4-21(22)27/h2-13H,15H2,1H3,(H,29,32)(H,30,31)/b17-12-. The van der Waals surface area contributed by atoms with E-state index in [1.165, 1.54) is 6.08 Å². The molecule has 0 heterocycles. The Hall–Kier alpha value is -3.80. The molecule has 0 saturated heterocycles. The van der Waals surface area contributed by atoms with Crippen LogP contribution in [0.5, 0.6) is 11.5 Å². The smallest absolute Gasteiger partial charge is 0.266 e. The summed E-state index contributed by atoms with van der Waals surface area (Å²) < 4.78 is 11.2. The highest BCUT2D eigenvalue weighted by Crippen LogP contribution is 2.27. The summed E-state index contributed by atoms with van der Waals surface area (Å²) in [7, 11) is 1.55. The fraction of sp³-hybridized carbons (Fsp3) is 0.0800. The van der Waals surface area contributed by atoms with Crippen LogP contribution >= 0.6 is 27.5 Å². The Labute approximate surface area is 210 Å². The van der Waals surface area contributed by atoms with Crippen molar-refractivity contribution in [1.82, 2.24) is 0 Å². The molecule has 0 aliphatic rings. The van der Waals surface area contributed by atoms with Gasteiger partial charge in [-0.2, -0.15) is 5.26 Å². The zero-order chi connectivity index (χ0) is 24.5. The van der Waals surface area contributed by atoms with Gasteiger partial charge in [-0.15, -0.1) is 0 Å². The number of nitrogens with zero attached hydrogens (tertiary/aromatic N) is 1. The molecule has 3 rings (SSSR count). The van der Waals surface area contributed by atoms with Crippen molar-refractivity contribution in [1.29, 1.82) is 5.26 Å². The molecule has 9 heteroatoms. The molecular weight excluding hydrogens is 522 g/mol. The lowest BCUT2D eigenvalue weighted by molar-refractivity contribution is -0.118. The highest BCUT2D eigenvalue weighted by molar-refractivity contribution is 9.10. The molecule has 34 heavy (non-hydrogen) atoms. The average molecular weight is 541 g/mol. The summed E-state index contributed by atoms with van der Waals surface area (Å²) in [6.45, 7) is -0.229. The molecule has 172 valence electrons. The molecule has 3 aromatic carbocycles. The third-order valence-electron chi connectivity index (χ3n) is 4.49. The highest BCUT2D eigenvalue weighted by Gasteiger charge is 2.12. The average Bonchev–Trinajstić information content (AvgIpc) is 2.83. The maximum absolute atomic E-state index is 12.5. The number of para-hydroxylation sites is 1. The Kier molecular flexibility index (Phi) is 8.68. The number of nitrogens with one attached hydrogen (secondary N) is 2. The molecule has 7 nitrogen and oxygen atoms in total. The quantitative estimate of drug-likeness (QED) is 0.283. The normalized spacial score (nSPS) is 10.7. The number of nitriles is 1. The largest absolute Gasteiger partial charge is 0.497 e. The van der Waals surface area contributed by atoms with Gasteiger partial charge in [-0.3, -0.25) is 9.59 Å². The van der Waals surface area contributed by atoms with Gasteiger partial charge in [0.15, 0.2) is 6.61 Å². The second-order valence-electron chi connectivity index (χ2n) is 6.86. The van der Waals surface area contributed by atoms with Crippen LogP contribution in [0.4, 0.5) is 11.4 Å². The molecule has 0 fully saturated rings. The van der Waals surface area contributed by atoms with Gasteiger partial charge in [0, 0.05) is 5.69 Å². The van der Waals surface area contributed by atoms with Crippen molar-refractivity contribution in [3.8, 4) is 17.6 Å². The minimum Gasteiger partial charge on any atom is -0.497 e. The third kappa shape index (κ3) is 6.85. The van der Waals surface area contributed by atoms with Gasteiger partial charge >= 0.3 is 0 Å². The SMILES string of the molecule is COc1ccc(NC(=O)/C(C#N)=C\c2ccc(OCC(=O)Nc3ccccc3Cl)c(Br)c2)cc1. The molecule has 0 aliphatic carbocycles. The Morgan fingerprint density at radius 1 is 1.09 bits per heavy atom. The van der Waals surface area contributed by atoms with E-state index in [2.05, 4.69) is 26.6 Å². The third-order valence-corrected chi connectivity index (χ3v) is 5.44. The zero-order valence-corrected chi connectivity index (χ0v) is 20.3. The van der Waals surface area contributed by atoms with Crippen molar-refractivity contribution in [3.05, 3.63) is 87.4 Å². The van der Waals surface area contributed by atoms with Gasteiger partial charge in [-0.05, 0) is 76.1 Å². The van der Waals surface area contributed by atoms with Crippen LogP contribution < -0.4 is 20.1 Å². The van der Waals surface area contributed by atoms with Crippen LogP contribution in [0.1, 0.15) is 5.56 Å². The fourth-order valence-electron chi connectivity index (χ4n) is 2.80. The summed E-state index contributed by atoms with van der Waals surface area (Å²) in [5, 5.41) is 15.2. The second kappa shape index (κ2) is 11.9. The number of hydrogen-bond acceptors (Lipinski definition) is 5. The van der Waals surface area contributed by atoms with Gasteiger partial charge in [0.2, 0.25) is 0 Å². The Bertz CT molecular complexity index is 1270. The van der Waals surface area contributed by atoms with E-state index in [9.17, 15) is 14.9 Å². The summed E-state index contributed by atoms with van der Waals surface area (Å²) >= 11 is 9.43. The molecule has 0 aliphatic heterocycles. The molecule has 0 aromatic heterocycles. The number of rotatable bonds is 8. The van der Waals surface area contributed by atoms with Crippen LogP contribution in [-0.4, -0.2) is 25.5 Å². The number of halogens is 2. The molecule has 0 spiro atoms. The van der Waals surface area contributed by atoms with Gasteiger partial charge in [0.05, 0.1) is 22.3 Å². The van der Waals surface area contributed by atoms with E-state index in [1.807, 2.05) is 6.07 Å². The van der Waals surface area contributed by atoms with Crippen molar-refractivity contribution in [2.45, 2.75) is 0 Å². The number of carbonyl (C=O) groups excluding carboxylic acids is 2. The van der Waals surface area contributed by atoms with E-state index in [0.717, 1.165) is 0 Å². The van der Waals surface area contributed by atoms with E-state index < -0.39 is 5.91 Å². The van der Waals surface area contributed by atoms with E-state index >= 15 is 0 Å². The second-order valence-corrected chi connectivity index (χ2v) is 8.12. The van der Waals surface area contributed by atoms with Crippen molar-refractivity contribution >= 4 is 56.8 Å². The van der Waals surface area contributed by atoms with Crippen molar-refractivity contribution in [2.75, 3.05) is 24.4 Å². The van der Waals surface area contributed by atoms with Gasteiger partial charge in [0.1, 0.15) is 23.1 Å². The Balaban J connectivity index is 1.63. The van der Waals surface area contributed by atoms with E-state index in [4.69, 9.17) is 21.1 Å². The number of benzene rings is 3. The maximum atomic E-state index is 12.5. The van der Waals surface area contributed by atoms with Gasteiger partial charge in [-0.1, -0.05) is 29.8 Å². The lowest BCUT2D eigenvalue weighted by Gasteiger charge is -2.10. The van der Waals surface area contributed by atoms with Crippen molar-refractivity contribution in [2.24, 2.45) is 0 Å². The molecule has 0 radical (unpaired) electrons. The summed E-state index contributed by atoms with van der Waals surface area (Å²) in [4.78, 5) is 24.6. The lowest BCUT2D eigenvalue weighted by Crippen LogP contribution is -2.20. The number of ether oxygens (including phenoxy) is 2. The molecule has 3 aromatic rings. The minimum absolute atomic E-state index is 0.0736. The van der Waals surface area contributed by atoms with E-state index in [0.29, 0.717) is 37.9 Å². The lowest BCUT2D eigenvalue weighted by atomic mass is 10.1. The summed E-state index contributed by atoms with van der Waals surface area (Å²) in [5.74, 6) is 0.168. The predicted octanol–water partition coefficient (Wildman–Crippen LogP) is 5.67. The first-order chi connectivity index (χ1) is 16.4. The highest BCUT2D eigenvalue weighted by atomic mass is 79.9. The fourth-order valence-corrected chi connectivity index (χ4v) is 3.50. The molecular formula is C25H19BrClN3O4. The van der Waals surface area contributed by atoms with E-state index in [-0.39, 0.29) is 18.1 Å². The van der Waals surface area contributed by atoms with Crippen LogP contribution in [-0.2, 0) is 9.59 Å². The summed E-state index contributed by atoms with van der Waals surface area (Å²) in [5.41, 5.74) is 1.55. The molecule has 0 saturated carbocycles. The van der Waals surface area contributed by atoms with Crippen LogP contribution in [0.2, 0.25) is 5.02 Å². The molecule has 2 N–H and O–H groups in total. The molecule has 2 amide bonds. The first-order valence-corrected chi connectivity index (χ1v) is 11.1. The van der Waals surface area contributed by atoms with Gasteiger partial charge in [-0.25, -0.2) is 0 Å². The number of amides is 2. The van der Waals surface area contributed by atoms with Gasteiger partial charge in [0.25, 0.3) is 11.8 Å². The minimum atomic E-state index is -0.541. The predicted molar refractivity (Wildman–Crippen MR) is 135 cm³/mol. The first-order valence-electron chi connectivity index (χ1n) is 9.93. The first kappa shape index (κ1) is 24.8. The van der Waals surface area contributed by atoms with Crippen molar-refractivity contribution in [3.63, 3.8) is 0 Å². The van der Waals surface area contributed by atoms with Crippen LogP contribution in [0.15, 0.2) is 76.8 Å². The summed E-state index contributed by atoms with van der Waals surface area (Å²) in [6, 6.07) is 20.5. The van der Waals surface area contributed by atoms with Gasteiger partial charge < -0.3 is 20.1 Å². The number of methoxy groups -OCH3 is 1. The number of anilines is 2. The maximum Gasteiger partial charge on any atom is 0.266 e. The van der Waals surface area contributed by atoms with Crippen molar-refractivity contribution < 1.29 is 19.1 Å². The number of hydrogen-bond donors (Lipinski definition) is 2. The zero-order valence-electron chi connectivity index (χ0n) is 18.0. The monoisotopic (exact) mass is 539 g/mol. The molecule has 0 bridgehead atoms.